The first-order chi connectivity index (χ1) is 11.3. The molecular formula is C16H20N4O3S. The van der Waals surface area contributed by atoms with Gasteiger partial charge in [-0.05, 0) is 30.4 Å². The Morgan fingerprint density at radius 2 is 2.04 bits per heavy atom. The van der Waals surface area contributed by atoms with Crippen molar-refractivity contribution in [3.8, 4) is 0 Å². The first-order valence-electron chi connectivity index (χ1n) is 7.72. The van der Waals surface area contributed by atoms with Crippen LogP contribution in [0.1, 0.15) is 33.8 Å². The number of anilines is 1. The van der Waals surface area contributed by atoms with E-state index < -0.39 is 11.2 Å². The van der Waals surface area contributed by atoms with Gasteiger partial charge in [0.25, 0.3) is 5.56 Å². The Balaban J connectivity index is 1.92. The number of hydrogen-bond donors (Lipinski definition) is 1. The molecule has 1 atom stereocenters. The minimum Gasteiger partial charge on any atom is -0.384 e. The Labute approximate surface area is 142 Å². The molecule has 1 aliphatic heterocycles. The summed E-state index contributed by atoms with van der Waals surface area (Å²) in [5.74, 6) is -0.428. The average molecular weight is 348 g/mol. The first-order valence-corrected chi connectivity index (χ1v) is 8.60. The molecule has 2 aromatic rings. The van der Waals surface area contributed by atoms with Crippen LogP contribution in [0.2, 0.25) is 0 Å². The maximum absolute atomic E-state index is 12.7. The van der Waals surface area contributed by atoms with Gasteiger partial charge in [0.1, 0.15) is 11.4 Å². The molecule has 3 heterocycles. The van der Waals surface area contributed by atoms with Gasteiger partial charge in [0, 0.05) is 31.6 Å². The summed E-state index contributed by atoms with van der Waals surface area (Å²) in [5.41, 5.74) is 5.82. The molecule has 2 aromatic heterocycles. The molecule has 0 bridgehead atoms. The zero-order chi connectivity index (χ0) is 17.6. The highest BCUT2D eigenvalue weighted by Gasteiger charge is 2.28. The number of thiophene rings is 1. The molecular weight excluding hydrogens is 328 g/mol. The molecule has 0 saturated heterocycles. The van der Waals surface area contributed by atoms with Crippen molar-refractivity contribution in [2.45, 2.75) is 19.4 Å². The van der Waals surface area contributed by atoms with E-state index in [4.69, 9.17) is 5.73 Å². The van der Waals surface area contributed by atoms with E-state index in [9.17, 15) is 14.4 Å². The maximum Gasteiger partial charge on any atom is 0.332 e. The number of aromatic nitrogens is 2. The van der Waals surface area contributed by atoms with Crippen LogP contribution in [0.15, 0.2) is 21.0 Å². The number of nitrogens with two attached hydrogens (primary N) is 1. The number of Topliss-reactive ketones (excluding diaryl/α,β-unsaturated/α-hetero) is 1. The second kappa shape index (κ2) is 6.03. The van der Waals surface area contributed by atoms with Crippen molar-refractivity contribution in [3.05, 3.63) is 48.3 Å². The lowest BCUT2D eigenvalue weighted by Gasteiger charge is -2.33. The van der Waals surface area contributed by atoms with Gasteiger partial charge in [-0.3, -0.25) is 23.6 Å². The third kappa shape index (κ3) is 2.51. The molecule has 0 aliphatic carbocycles. The highest BCUT2D eigenvalue weighted by molar-refractivity contribution is 7.10. The van der Waals surface area contributed by atoms with Gasteiger partial charge in [0.2, 0.25) is 0 Å². The number of ketones is 1. The third-order valence-electron chi connectivity index (χ3n) is 4.74. The quantitative estimate of drug-likeness (QED) is 0.817. The van der Waals surface area contributed by atoms with Gasteiger partial charge in [-0.15, -0.1) is 11.3 Å². The Kier molecular flexibility index (Phi) is 4.18. The Morgan fingerprint density at radius 1 is 1.33 bits per heavy atom. The molecule has 0 spiro atoms. The lowest BCUT2D eigenvalue weighted by Crippen LogP contribution is -2.44. The predicted octanol–water partition coefficient (Wildman–Crippen LogP) is 0.530. The number of carbonyl (C=O) groups excluding carboxylic acids is 1. The van der Waals surface area contributed by atoms with Crippen LogP contribution in [0.4, 0.5) is 5.82 Å². The second-order valence-electron chi connectivity index (χ2n) is 6.08. The monoisotopic (exact) mass is 348 g/mol. The lowest BCUT2D eigenvalue weighted by molar-refractivity contribution is 0.0889. The number of carbonyl (C=O) groups is 1. The van der Waals surface area contributed by atoms with E-state index in [1.807, 2.05) is 4.90 Å². The molecule has 7 nitrogen and oxygen atoms in total. The van der Waals surface area contributed by atoms with Crippen LogP contribution in [-0.4, -0.2) is 32.9 Å². The fraction of sp³-hybridized carbons (Fsp3) is 0.438. The number of nitrogen functional groups attached to an aromatic ring is 1. The smallest absolute Gasteiger partial charge is 0.332 e. The van der Waals surface area contributed by atoms with Crippen molar-refractivity contribution in [2.24, 2.45) is 14.1 Å². The minimum absolute atomic E-state index is 0.0750. The van der Waals surface area contributed by atoms with E-state index in [0.717, 1.165) is 22.1 Å². The van der Waals surface area contributed by atoms with Crippen LogP contribution < -0.4 is 17.0 Å². The topological polar surface area (TPSA) is 90.3 Å². The summed E-state index contributed by atoms with van der Waals surface area (Å²) < 4.78 is 2.05. The summed E-state index contributed by atoms with van der Waals surface area (Å²) in [6.45, 7) is 2.92. The van der Waals surface area contributed by atoms with E-state index in [0.29, 0.717) is 0 Å². The zero-order valence-corrected chi connectivity index (χ0v) is 14.7. The fourth-order valence-electron chi connectivity index (χ4n) is 3.16. The van der Waals surface area contributed by atoms with Gasteiger partial charge in [0.15, 0.2) is 5.78 Å². The molecule has 24 heavy (non-hydrogen) atoms. The SMILES string of the molecule is CC1c2ccsc2CCN1CC(=O)c1c(N)n(C)c(=O)n(C)c1=O. The number of rotatable bonds is 3. The normalized spacial score (nSPS) is 17.7. The molecule has 0 radical (unpaired) electrons. The summed E-state index contributed by atoms with van der Waals surface area (Å²) in [6.07, 6.45) is 0.894. The molecule has 128 valence electrons. The second-order valence-corrected chi connectivity index (χ2v) is 7.09. The summed E-state index contributed by atoms with van der Waals surface area (Å²) in [4.78, 5) is 40.3. The Morgan fingerprint density at radius 3 is 2.75 bits per heavy atom. The van der Waals surface area contributed by atoms with Gasteiger partial charge in [-0.25, -0.2) is 4.79 Å². The van der Waals surface area contributed by atoms with Crippen LogP contribution in [0.25, 0.3) is 0 Å². The molecule has 0 saturated carbocycles. The standard InChI is InChI=1S/C16H20N4O3S/c1-9-10-5-7-24-12(10)4-6-20(9)8-11(21)13-14(17)18(2)16(23)19(3)15(13)22/h5,7,9H,4,6,8,17H2,1-3H3. The number of hydrogen-bond acceptors (Lipinski definition) is 6. The first kappa shape index (κ1) is 16.7. The highest BCUT2D eigenvalue weighted by atomic mass is 32.1. The van der Waals surface area contributed by atoms with E-state index >= 15 is 0 Å². The fourth-order valence-corrected chi connectivity index (χ4v) is 4.13. The van der Waals surface area contributed by atoms with Crippen molar-refractivity contribution in [1.82, 2.24) is 14.0 Å². The third-order valence-corrected chi connectivity index (χ3v) is 5.74. The van der Waals surface area contributed by atoms with Crippen LogP contribution in [0, 0.1) is 0 Å². The number of nitrogens with zero attached hydrogens (tertiary/aromatic N) is 3. The van der Waals surface area contributed by atoms with Gasteiger partial charge in [-0.1, -0.05) is 0 Å². The summed E-state index contributed by atoms with van der Waals surface area (Å²) in [7, 11) is 2.80. The zero-order valence-electron chi connectivity index (χ0n) is 13.9. The molecule has 0 fully saturated rings. The molecule has 0 amide bonds. The van der Waals surface area contributed by atoms with Crippen molar-refractivity contribution in [3.63, 3.8) is 0 Å². The minimum atomic E-state index is -0.638. The van der Waals surface area contributed by atoms with Gasteiger partial charge in [0.05, 0.1) is 6.54 Å². The summed E-state index contributed by atoms with van der Waals surface area (Å²) >= 11 is 1.73. The lowest BCUT2D eigenvalue weighted by atomic mass is 10.0. The summed E-state index contributed by atoms with van der Waals surface area (Å²) in [5, 5.41) is 2.06. The van der Waals surface area contributed by atoms with Crippen LogP contribution in [0.5, 0.6) is 0 Å². The van der Waals surface area contributed by atoms with Gasteiger partial charge >= 0.3 is 5.69 Å². The largest absolute Gasteiger partial charge is 0.384 e. The van der Waals surface area contributed by atoms with E-state index in [1.165, 1.54) is 24.5 Å². The molecule has 8 heteroatoms. The van der Waals surface area contributed by atoms with Crippen molar-refractivity contribution >= 4 is 22.9 Å². The number of fused-ring (bicyclic) bond motifs is 1. The average Bonchev–Trinajstić information content (AvgIpc) is 3.03. The molecule has 2 N–H and O–H groups in total. The van der Waals surface area contributed by atoms with Gasteiger partial charge < -0.3 is 5.73 Å². The molecule has 0 aromatic carbocycles. The maximum atomic E-state index is 12.7. The molecule has 1 unspecified atom stereocenters. The molecule has 3 rings (SSSR count). The van der Waals surface area contributed by atoms with Crippen molar-refractivity contribution < 1.29 is 4.79 Å². The highest BCUT2D eigenvalue weighted by Crippen LogP contribution is 2.32. The van der Waals surface area contributed by atoms with Crippen LogP contribution in [-0.2, 0) is 20.5 Å². The van der Waals surface area contributed by atoms with E-state index in [2.05, 4.69) is 18.4 Å². The van der Waals surface area contributed by atoms with Crippen molar-refractivity contribution in [2.75, 3.05) is 18.8 Å². The predicted molar refractivity (Wildman–Crippen MR) is 93.7 cm³/mol. The van der Waals surface area contributed by atoms with Crippen molar-refractivity contribution in [1.29, 1.82) is 0 Å². The van der Waals surface area contributed by atoms with E-state index in [1.54, 1.807) is 11.3 Å². The Hall–Kier alpha value is -2.19. The Bertz CT molecular complexity index is 924. The van der Waals surface area contributed by atoms with Crippen LogP contribution in [0.3, 0.4) is 0 Å². The summed E-state index contributed by atoms with van der Waals surface area (Å²) in [6, 6.07) is 2.20. The van der Waals surface area contributed by atoms with Crippen LogP contribution >= 0.6 is 11.3 Å². The van der Waals surface area contributed by atoms with E-state index in [-0.39, 0.29) is 29.8 Å². The molecule has 1 aliphatic rings. The van der Waals surface area contributed by atoms with Gasteiger partial charge in [-0.2, -0.15) is 0 Å².